The maximum absolute atomic E-state index is 10.7. The summed E-state index contributed by atoms with van der Waals surface area (Å²) in [5.74, 6) is 2.25. The van der Waals surface area contributed by atoms with Gasteiger partial charge in [0.1, 0.15) is 5.75 Å². The summed E-state index contributed by atoms with van der Waals surface area (Å²) >= 11 is 0. The molecule has 0 spiro atoms. The second-order valence-electron chi connectivity index (χ2n) is 6.19. The number of methoxy groups -OCH3 is 3. The summed E-state index contributed by atoms with van der Waals surface area (Å²) in [4.78, 5) is 0. The fourth-order valence-electron chi connectivity index (χ4n) is 3.36. The molecular weight excluding hydrogens is 318 g/mol. The molecule has 1 aliphatic heterocycles. The number of benzene rings is 2. The van der Waals surface area contributed by atoms with E-state index in [4.69, 9.17) is 14.2 Å². The monoisotopic (exact) mass is 343 g/mol. The lowest BCUT2D eigenvalue weighted by atomic mass is 9.89. The predicted molar refractivity (Wildman–Crippen MR) is 96.6 cm³/mol. The minimum Gasteiger partial charge on any atom is -0.497 e. The number of hydrogen-bond donors (Lipinski definition) is 2. The first-order valence-electron chi connectivity index (χ1n) is 8.46. The van der Waals surface area contributed by atoms with Gasteiger partial charge in [0.15, 0.2) is 11.5 Å². The van der Waals surface area contributed by atoms with Crippen LogP contribution >= 0.6 is 0 Å². The normalized spacial score (nSPS) is 17.5. The number of aliphatic hydroxyl groups excluding tert-OH is 1. The summed E-state index contributed by atoms with van der Waals surface area (Å²) < 4.78 is 16.0. The second kappa shape index (κ2) is 7.76. The first-order valence-corrected chi connectivity index (χ1v) is 8.46. The number of hydrogen-bond acceptors (Lipinski definition) is 5. The lowest BCUT2D eigenvalue weighted by molar-refractivity contribution is 0.150. The SMILES string of the molecule is COc1ccc([C@H](O)C[C@H]2NCCc3cc(OC)c(OC)cc32)cc1. The molecule has 2 aromatic rings. The lowest BCUT2D eigenvalue weighted by Crippen LogP contribution is -2.31. The Morgan fingerprint density at radius 3 is 2.36 bits per heavy atom. The molecule has 0 unspecified atom stereocenters. The average molecular weight is 343 g/mol. The Morgan fingerprint density at radius 2 is 1.72 bits per heavy atom. The van der Waals surface area contributed by atoms with Crippen molar-refractivity contribution in [3.8, 4) is 17.2 Å². The van der Waals surface area contributed by atoms with E-state index in [1.807, 2.05) is 36.4 Å². The zero-order valence-electron chi connectivity index (χ0n) is 14.9. The van der Waals surface area contributed by atoms with Gasteiger partial charge >= 0.3 is 0 Å². The number of aliphatic hydroxyl groups is 1. The van der Waals surface area contributed by atoms with Gasteiger partial charge in [0.25, 0.3) is 0 Å². The van der Waals surface area contributed by atoms with Gasteiger partial charge in [0.2, 0.25) is 0 Å². The van der Waals surface area contributed by atoms with Crippen LogP contribution in [-0.2, 0) is 6.42 Å². The molecule has 134 valence electrons. The molecule has 0 amide bonds. The first-order chi connectivity index (χ1) is 12.2. The standard InChI is InChI=1S/C20H25NO4/c1-23-15-6-4-13(5-7-15)18(22)12-17-16-11-20(25-3)19(24-2)10-14(16)8-9-21-17/h4-7,10-11,17-18,21-22H,8-9,12H2,1-3H3/t17-,18-/m1/s1. The topological polar surface area (TPSA) is 60.0 Å². The molecule has 0 saturated heterocycles. The molecule has 2 atom stereocenters. The Balaban J connectivity index is 1.82. The second-order valence-corrected chi connectivity index (χ2v) is 6.19. The van der Waals surface area contributed by atoms with Crippen LogP contribution in [0.3, 0.4) is 0 Å². The van der Waals surface area contributed by atoms with E-state index in [1.165, 1.54) is 5.56 Å². The van der Waals surface area contributed by atoms with Gasteiger partial charge in [-0.3, -0.25) is 0 Å². The molecule has 5 nitrogen and oxygen atoms in total. The van der Waals surface area contributed by atoms with Gasteiger partial charge in [-0.15, -0.1) is 0 Å². The summed E-state index contributed by atoms with van der Waals surface area (Å²) in [6, 6.07) is 11.7. The van der Waals surface area contributed by atoms with E-state index in [9.17, 15) is 5.11 Å². The molecule has 0 radical (unpaired) electrons. The van der Waals surface area contributed by atoms with Gasteiger partial charge in [-0.1, -0.05) is 12.1 Å². The van der Waals surface area contributed by atoms with Crippen LogP contribution in [0.25, 0.3) is 0 Å². The Morgan fingerprint density at radius 1 is 1.04 bits per heavy atom. The van der Waals surface area contributed by atoms with Gasteiger partial charge in [-0.05, 0) is 60.3 Å². The van der Waals surface area contributed by atoms with Gasteiger partial charge in [0, 0.05) is 6.04 Å². The van der Waals surface area contributed by atoms with Crippen molar-refractivity contribution in [1.29, 1.82) is 0 Å². The van der Waals surface area contributed by atoms with E-state index in [0.29, 0.717) is 12.2 Å². The Hall–Kier alpha value is -2.24. The van der Waals surface area contributed by atoms with Crippen molar-refractivity contribution in [1.82, 2.24) is 5.32 Å². The van der Waals surface area contributed by atoms with Crippen molar-refractivity contribution in [2.24, 2.45) is 0 Å². The largest absolute Gasteiger partial charge is 0.497 e. The van der Waals surface area contributed by atoms with Crippen LogP contribution in [0.15, 0.2) is 36.4 Å². The number of ether oxygens (including phenoxy) is 3. The zero-order valence-corrected chi connectivity index (χ0v) is 14.9. The Kier molecular flexibility index (Phi) is 5.46. The van der Waals surface area contributed by atoms with Crippen LogP contribution in [0.1, 0.15) is 35.3 Å². The summed E-state index contributed by atoms with van der Waals surface area (Å²) in [6.45, 7) is 0.877. The van der Waals surface area contributed by atoms with Gasteiger partial charge in [-0.2, -0.15) is 0 Å². The van der Waals surface area contributed by atoms with Crippen LogP contribution < -0.4 is 19.5 Å². The Labute approximate surface area is 148 Å². The minimum atomic E-state index is -0.553. The highest BCUT2D eigenvalue weighted by atomic mass is 16.5. The van der Waals surface area contributed by atoms with E-state index >= 15 is 0 Å². The molecule has 2 aromatic carbocycles. The van der Waals surface area contributed by atoms with Gasteiger partial charge < -0.3 is 24.6 Å². The molecule has 5 heteroatoms. The maximum Gasteiger partial charge on any atom is 0.161 e. The third kappa shape index (κ3) is 3.72. The fraction of sp³-hybridized carbons (Fsp3) is 0.400. The smallest absolute Gasteiger partial charge is 0.161 e. The van der Waals surface area contributed by atoms with E-state index in [0.717, 1.165) is 35.6 Å². The van der Waals surface area contributed by atoms with E-state index < -0.39 is 6.10 Å². The van der Waals surface area contributed by atoms with Crippen molar-refractivity contribution in [2.45, 2.75) is 25.0 Å². The molecule has 0 bridgehead atoms. The number of fused-ring (bicyclic) bond motifs is 1. The first kappa shape index (κ1) is 17.6. The highest BCUT2D eigenvalue weighted by Gasteiger charge is 2.25. The third-order valence-corrected chi connectivity index (χ3v) is 4.77. The van der Waals surface area contributed by atoms with Gasteiger partial charge in [-0.25, -0.2) is 0 Å². The average Bonchev–Trinajstić information content (AvgIpc) is 2.67. The minimum absolute atomic E-state index is 0.0701. The predicted octanol–water partition coefficient (Wildman–Crippen LogP) is 3.02. The molecule has 2 N–H and O–H groups in total. The Bertz CT molecular complexity index is 714. The van der Waals surface area contributed by atoms with Crippen molar-refractivity contribution in [3.05, 3.63) is 53.1 Å². The van der Waals surface area contributed by atoms with Crippen LogP contribution in [-0.4, -0.2) is 33.0 Å². The van der Waals surface area contributed by atoms with Gasteiger partial charge in [0.05, 0.1) is 27.4 Å². The van der Waals surface area contributed by atoms with Crippen molar-refractivity contribution in [2.75, 3.05) is 27.9 Å². The van der Waals surface area contributed by atoms with Crippen LogP contribution in [0.2, 0.25) is 0 Å². The summed E-state index contributed by atoms with van der Waals surface area (Å²) in [6.07, 6.45) is 0.974. The molecule has 0 aliphatic carbocycles. The van der Waals surface area contributed by atoms with E-state index in [2.05, 4.69) is 5.32 Å². The molecule has 0 aromatic heterocycles. The number of rotatable bonds is 6. The van der Waals surface area contributed by atoms with E-state index in [-0.39, 0.29) is 6.04 Å². The highest BCUT2D eigenvalue weighted by Crippen LogP contribution is 2.38. The lowest BCUT2D eigenvalue weighted by Gasteiger charge is -2.29. The highest BCUT2D eigenvalue weighted by molar-refractivity contribution is 5.49. The summed E-state index contributed by atoms with van der Waals surface area (Å²) in [7, 11) is 4.92. The summed E-state index contributed by atoms with van der Waals surface area (Å²) in [5, 5.41) is 14.2. The van der Waals surface area contributed by atoms with Crippen molar-refractivity contribution in [3.63, 3.8) is 0 Å². The maximum atomic E-state index is 10.7. The van der Waals surface area contributed by atoms with Crippen molar-refractivity contribution >= 4 is 0 Å². The third-order valence-electron chi connectivity index (χ3n) is 4.77. The molecule has 0 fully saturated rings. The van der Waals surface area contributed by atoms with E-state index in [1.54, 1.807) is 21.3 Å². The summed E-state index contributed by atoms with van der Waals surface area (Å²) in [5.41, 5.74) is 3.29. The van der Waals surface area contributed by atoms with Crippen LogP contribution in [0, 0.1) is 0 Å². The quantitative estimate of drug-likeness (QED) is 0.844. The number of nitrogens with one attached hydrogen (secondary N) is 1. The molecule has 1 aliphatic rings. The fourth-order valence-corrected chi connectivity index (χ4v) is 3.36. The van der Waals surface area contributed by atoms with Crippen molar-refractivity contribution < 1.29 is 19.3 Å². The van der Waals surface area contributed by atoms with Crippen LogP contribution in [0.5, 0.6) is 17.2 Å². The molecule has 25 heavy (non-hydrogen) atoms. The molecule has 0 saturated carbocycles. The molecular formula is C20H25NO4. The molecule has 1 heterocycles. The van der Waals surface area contributed by atoms with Crippen LogP contribution in [0.4, 0.5) is 0 Å². The molecule has 3 rings (SSSR count). The zero-order chi connectivity index (χ0) is 17.8.